The Bertz CT molecular complexity index is 659. The van der Waals surface area contributed by atoms with Crippen molar-refractivity contribution < 1.29 is 4.39 Å². The van der Waals surface area contributed by atoms with Crippen molar-refractivity contribution in [2.45, 2.75) is 0 Å². The van der Waals surface area contributed by atoms with Gasteiger partial charge in [0.25, 0.3) is 0 Å². The van der Waals surface area contributed by atoms with Gasteiger partial charge in [0.2, 0.25) is 5.95 Å². The highest BCUT2D eigenvalue weighted by atomic mass is 35.5. The quantitative estimate of drug-likeness (QED) is 0.861. The molecule has 1 aromatic carbocycles. The van der Waals surface area contributed by atoms with Gasteiger partial charge in [-0.3, -0.25) is 0 Å². The minimum absolute atomic E-state index is 0.000125. The van der Waals surface area contributed by atoms with E-state index in [9.17, 15) is 4.39 Å². The highest BCUT2D eigenvalue weighted by Crippen LogP contribution is 2.31. The molecule has 110 valence electrons. The molecule has 0 unspecified atom stereocenters. The number of halogens is 3. The lowest BCUT2D eigenvalue weighted by Gasteiger charge is -2.27. The first-order valence-corrected chi connectivity index (χ1v) is 7.34. The molecule has 1 fully saturated rings. The molecule has 0 radical (unpaired) electrons. The summed E-state index contributed by atoms with van der Waals surface area (Å²) in [5.74, 6) is 0.110. The SMILES string of the molecule is Fc1cc(-c2ccnc(N3CCNCC3)n2)c(Cl)cc1Cl. The molecule has 0 aliphatic carbocycles. The van der Waals surface area contributed by atoms with Gasteiger partial charge in [-0.05, 0) is 18.2 Å². The van der Waals surface area contributed by atoms with Crippen LogP contribution in [0.2, 0.25) is 10.0 Å². The van der Waals surface area contributed by atoms with Crippen molar-refractivity contribution in [2.75, 3.05) is 31.1 Å². The first kappa shape index (κ1) is 14.5. The molecule has 2 heterocycles. The molecule has 1 aromatic heterocycles. The summed E-state index contributed by atoms with van der Waals surface area (Å²) in [6, 6.07) is 4.40. The first-order valence-electron chi connectivity index (χ1n) is 6.59. The Labute approximate surface area is 131 Å². The Morgan fingerprint density at radius 3 is 2.67 bits per heavy atom. The zero-order valence-corrected chi connectivity index (χ0v) is 12.6. The smallest absolute Gasteiger partial charge is 0.225 e. The molecule has 4 nitrogen and oxygen atoms in total. The van der Waals surface area contributed by atoms with Gasteiger partial charge < -0.3 is 10.2 Å². The average Bonchev–Trinajstić information content (AvgIpc) is 2.52. The van der Waals surface area contributed by atoms with Crippen LogP contribution in [0.25, 0.3) is 11.3 Å². The molecule has 1 N–H and O–H groups in total. The number of aromatic nitrogens is 2. The fourth-order valence-electron chi connectivity index (χ4n) is 2.23. The van der Waals surface area contributed by atoms with Gasteiger partial charge in [0.15, 0.2) is 0 Å². The van der Waals surface area contributed by atoms with Gasteiger partial charge in [-0.2, -0.15) is 0 Å². The average molecular weight is 327 g/mol. The van der Waals surface area contributed by atoms with Gasteiger partial charge >= 0.3 is 0 Å². The van der Waals surface area contributed by atoms with Gasteiger partial charge in [-0.25, -0.2) is 14.4 Å². The van der Waals surface area contributed by atoms with Crippen LogP contribution in [0.4, 0.5) is 10.3 Å². The molecule has 21 heavy (non-hydrogen) atoms. The van der Waals surface area contributed by atoms with Crippen LogP contribution < -0.4 is 10.2 Å². The van der Waals surface area contributed by atoms with Crippen LogP contribution in [-0.2, 0) is 0 Å². The minimum Gasteiger partial charge on any atom is -0.338 e. The van der Waals surface area contributed by atoms with E-state index >= 15 is 0 Å². The van der Waals surface area contributed by atoms with E-state index in [1.54, 1.807) is 12.3 Å². The molecule has 0 saturated carbocycles. The van der Waals surface area contributed by atoms with Gasteiger partial charge in [0.1, 0.15) is 5.82 Å². The number of hydrogen-bond acceptors (Lipinski definition) is 4. The first-order chi connectivity index (χ1) is 10.1. The third-order valence-electron chi connectivity index (χ3n) is 3.33. The molecule has 7 heteroatoms. The Kier molecular flexibility index (Phi) is 4.24. The van der Waals surface area contributed by atoms with Gasteiger partial charge in [0, 0.05) is 37.9 Å². The summed E-state index contributed by atoms with van der Waals surface area (Å²) in [5.41, 5.74) is 1.09. The summed E-state index contributed by atoms with van der Waals surface area (Å²) < 4.78 is 13.6. The van der Waals surface area contributed by atoms with Crippen molar-refractivity contribution in [3.8, 4) is 11.3 Å². The van der Waals surface area contributed by atoms with E-state index in [2.05, 4.69) is 20.2 Å². The Balaban J connectivity index is 1.97. The Hall–Kier alpha value is -1.43. The third kappa shape index (κ3) is 3.10. The molecule has 0 bridgehead atoms. The second-order valence-electron chi connectivity index (χ2n) is 4.73. The largest absolute Gasteiger partial charge is 0.338 e. The third-order valence-corrected chi connectivity index (χ3v) is 3.93. The Morgan fingerprint density at radius 2 is 1.90 bits per heavy atom. The monoisotopic (exact) mass is 326 g/mol. The van der Waals surface area contributed by atoms with E-state index in [1.165, 1.54) is 12.1 Å². The summed E-state index contributed by atoms with van der Waals surface area (Å²) in [4.78, 5) is 10.9. The maximum Gasteiger partial charge on any atom is 0.225 e. The van der Waals surface area contributed by atoms with Crippen molar-refractivity contribution in [3.05, 3.63) is 40.3 Å². The molecular weight excluding hydrogens is 314 g/mol. The molecule has 1 aliphatic rings. The highest BCUT2D eigenvalue weighted by Gasteiger charge is 2.15. The lowest BCUT2D eigenvalue weighted by Crippen LogP contribution is -2.44. The molecule has 3 rings (SSSR count). The molecule has 2 aromatic rings. The maximum absolute atomic E-state index is 13.6. The van der Waals surface area contributed by atoms with E-state index in [1.807, 2.05) is 0 Å². The number of piperazine rings is 1. The van der Waals surface area contributed by atoms with Crippen molar-refractivity contribution in [1.82, 2.24) is 15.3 Å². The van der Waals surface area contributed by atoms with Gasteiger partial charge in [-0.1, -0.05) is 23.2 Å². The van der Waals surface area contributed by atoms with E-state index in [4.69, 9.17) is 23.2 Å². The Morgan fingerprint density at radius 1 is 1.14 bits per heavy atom. The zero-order valence-electron chi connectivity index (χ0n) is 11.1. The normalized spacial score (nSPS) is 15.3. The predicted octanol–water partition coefficient (Wildman–Crippen LogP) is 3.00. The van der Waals surface area contributed by atoms with E-state index < -0.39 is 5.82 Å². The van der Waals surface area contributed by atoms with E-state index in [0.717, 1.165) is 26.2 Å². The summed E-state index contributed by atoms with van der Waals surface area (Å²) in [5, 5.41) is 3.64. The zero-order chi connectivity index (χ0) is 14.8. The van der Waals surface area contributed by atoms with Crippen molar-refractivity contribution in [1.29, 1.82) is 0 Å². The van der Waals surface area contributed by atoms with Crippen LogP contribution in [0.15, 0.2) is 24.4 Å². The standard InChI is InChI=1S/C14H13Cl2FN4/c15-10-8-11(16)12(17)7-9(10)13-1-2-19-14(20-13)21-5-3-18-4-6-21/h1-2,7-8,18H,3-6H2. The number of nitrogens with one attached hydrogen (secondary N) is 1. The van der Waals surface area contributed by atoms with Gasteiger partial charge in [-0.15, -0.1) is 0 Å². The van der Waals surface area contributed by atoms with Crippen LogP contribution in [-0.4, -0.2) is 36.1 Å². The molecule has 1 aliphatic heterocycles. The number of hydrogen-bond donors (Lipinski definition) is 1. The summed E-state index contributed by atoms with van der Waals surface area (Å²) in [6.07, 6.45) is 1.66. The topological polar surface area (TPSA) is 41.1 Å². The van der Waals surface area contributed by atoms with E-state index in [-0.39, 0.29) is 5.02 Å². The van der Waals surface area contributed by atoms with Crippen LogP contribution in [0.5, 0.6) is 0 Å². The van der Waals surface area contributed by atoms with Crippen LogP contribution >= 0.6 is 23.2 Å². The van der Waals surface area contributed by atoms with E-state index in [0.29, 0.717) is 22.2 Å². The van der Waals surface area contributed by atoms with Crippen molar-refractivity contribution in [2.24, 2.45) is 0 Å². The number of anilines is 1. The lowest BCUT2D eigenvalue weighted by atomic mass is 10.1. The highest BCUT2D eigenvalue weighted by molar-refractivity contribution is 6.36. The predicted molar refractivity (Wildman–Crippen MR) is 82.5 cm³/mol. The number of benzene rings is 1. The fraction of sp³-hybridized carbons (Fsp3) is 0.286. The van der Waals surface area contributed by atoms with Crippen molar-refractivity contribution >= 4 is 29.2 Å². The summed E-state index contributed by atoms with van der Waals surface area (Å²) in [6.45, 7) is 3.46. The lowest BCUT2D eigenvalue weighted by molar-refractivity contribution is 0.580. The van der Waals surface area contributed by atoms with Gasteiger partial charge in [0.05, 0.1) is 15.7 Å². The van der Waals surface area contributed by atoms with Crippen LogP contribution in [0, 0.1) is 5.82 Å². The molecule has 0 atom stereocenters. The molecule has 0 amide bonds. The maximum atomic E-state index is 13.6. The summed E-state index contributed by atoms with van der Waals surface area (Å²) in [7, 11) is 0. The number of rotatable bonds is 2. The summed E-state index contributed by atoms with van der Waals surface area (Å²) >= 11 is 11.9. The second kappa shape index (κ2) is 6.13. The molecular formula is C14H13Cl2FN4. The van der Waals surface area contributed by atoms with Crippen LogP contribution in [0.1, 0.15) is 0 Å². The minimum atomic E-state index is -0.515. The fourth-order valence-corrected chi connectivity index (χ4v) is 2.71. The molecule has 1 saturated heterocycles. The van der Waals surface area contributed by atoms with Crippen molar-refractivity contribution in [3.63, 3.8) is 0 Å². The number of nitrogens with zero attached hydrogens (tertiary/aromatic N) is 3. The second-order valence-corrected chi connectivity index (χ2v) is 5.54. The molecule has 0 spiro atoms. The van der Waals surface area contributed by atoms with Crippen LogP contribution in [0.3, 0.4) is 0 Å².